The van der Waals surface area contributed by atoms with Crippen LogP contribution in [-0.4, -0.2) is 112 Å². The number of nitrogens with one attached hydrogen (secondary N) is 4. The van der Waals surface area contributed by atoms with Gasteiger partial charge >= 0.3 is 24.0 Å². The first-order valence-corrected chi connectivity index (χ1v) is 28.6. The number of rotatable bonds is 52. The van der Waals surface area contributed by atoms with E-state index in [0.29, 0.717) is 65.3 Å². The fourth-order valence-electron chi connectivity index (χ4n) is 8.52. The summed E-state index contributed by atoms with van der Waals surface area (Å²) in [6.07, 6.45) is 38.9. The third kappa shape index (κ3) is 48.4. The van der Waals surface area contributed by atoms with Crippen LogP contribution in [0.2, 0.25) is 0 Å². The number of amides is 4. The Bertz CT molecular complexity index is 1120. The topological polar surface area (TPSA) is 168 Å². The van der Waals surface area contributed by atoms with Gasteiger partial charge in [0.1, 0.15) is 6.10 Å². The van der Waals surface area contributed by atoms with Crippen molar-refractivity contribution in [3.05, 3.63) is 0 Å². The lowest BCUT2D eigenvalue weighted by atomic mass is 10.0. The van der Waals surface area contributed by atoms with E-state index in [1.54, 1.807) is 7.05 Å². The molecule has 0 aliphatic heterocycles. The molecule has 13 heteroatoms. The molecule has 402 valence electrons. The Morgan fingerprint density at radius 2 is 0.882 bits per heavy atom. The summed E-state index contributed by atoms with van der Waals surface area (Å²) in [7, 11) is 1.55. The van der Waals surface area contributed by atoms with Crippen molar-refractivity contribution < 1.29 is 38.5 Å². The van der Waals surface area contributed by atoms with Crippen molar-refractivity contribution in [2.45, 2.75) is 264 Å². The van der Waals surface area contributed by atoms with Crippen LogP contribution in [0.25, 0.3) is 0 Å². The van der Waals surface area contributed by atoms with Crippen LogP contribution in [0.4, 0.5) is 9.59 Å². The highest BCUT2D eigenvalue weighted by Gasteiger charge is 2.15. The fourth-order valence-corrected chi connectivity index (χ4v) is 8.52. The number of unbranched alkanes of at least 4 members (excludes halogenated alkanes) is 25. The smallest absolute Gasteiger partial charge is 0.314 e. The number of urea groups is 2. The molecule has 68 heavy (non-hydrogen) atoms. The Labute approximate surface area is 417 Å². The maximum absolute atomic E-state index is 12.9. The third-order valence-corrected chi connectivity index (χ3v) is 12.8. The molecule has 0 fully saturated rings. The summed E-state index contributed by atoms with van der Waals surface area (Å²) in [5.74, 6) is -0.110. The first-order chi connectivity index (χ1) is 33.2. The molecule has 0 radical (unpaired) electrons. The van der Waals surface area contributed by atoms with E-state index in [-0.39, 0.29) is 30.1 Å². The van der Waals surface area contributed by atoms with E-state index in [4.69, 9.17) is 14.2 Å². The van der Waals surface area contributed by atoms with Crippen LogP contribution in [0.3, 0.4) is 0 Å². The van der Waals surface area contributed by atoms with E-state index in [1.807, 2.05) is 0 Å². The average Bonchev–Trinajstić information content (AvgIpc) is 3.32. The highest BCUT2D eigenvalue weighted by molar-refractivity contribution is 5.74. The Kier molecular flexibility index (Phi) is 50.2. The molecule has 0 aliphatic carbocycles. The maximum Gasteiger partial charge on any atom is 0.314 e. The fraction of sp³-hybridized carbons (Fsp3) is 0.927. The molecule has 4 amide bonds. The first-order valence-electron chi connectivity index (χ1n) is 28.6. The molecule has 0 aromatic carbocycles. The highest BCUT2D eigenvalue weighted by Crippen LogP contribution is 2.19. The van der Waals surface area contributed by atoms with Crippen molar-refractivity contribution >= 4 is 24.0 Å². The first kappa shape index (κ1) is 65.4. The predicted octanol–water partition coefficient (Wildman–Crippen LogP) is 12.5. The second-order valence-corrected chi connectivity index (χ2v) is 19.4. The zero-order valence-electron chi connectivity index (χ0n) is 44.7. The van der Waals surface area contributed by atoms with Gasteiger partial charge in [0.25, 0.3) is 0 Å². The van der Waals surface area contributed by atoms with Crippen LogP contribution < -0.4 is 21.3 Å². The normalized spacial score (nSPS) is 11.8. The largest absolute Gasteiger partial charge is 0.466 e. The van der Waals surface area contributed by atoms with Gasteiger partial charge in [-0.15, -0.1) is 0 Å². The Morgan fingerprint density at radius 3 is 1.43 bits per heavy atom. The number of aliphatic hydroxyl groups excluding tert-OH is 1. The van der Waals surface area contributed by atoms with Crippen molar-refractivity contribution in [2.75, 3.05) is 66.1 Å². The average molecular weight is 969 g/mol. The van der Waals surface area contributed by atoms with Gasteiger partial charge in [-0.1, -0.05) is 162 Å². The van der Waals surface area contributed by atoms with Crippen LogP contribution in [0.1, 0.15) is 252 Å². The van der Waals surface area contributed by atoms with Crippen LogP contribution in [-0.2, 0) is 23.8 Å². The van der Waals surface area contributed by atoms with E-state index in [9.17, 15) is 24.3 Å². The second kappa shape index (κ2) is 52.2. The summed E-state index contributed by atoms with van der Waals surface area (Å²) < 4.78 is 17.0. The van der Waals surface area contributed by atoms with Gasteiger partial charge in [0.05, 0.1) is 25.9 Å². The Morgan fingerprint density at radius 1 is 0.456 bits per heavy atom. The molecule has 0 aromatic rings. The number of carbonyl (C=O) groups excluding carboxylic acids is 4. The van der Waals surface area contributed by atoms with Crippen molar-refractivity contribution in [1.29, 1.82) is 0 Å². The summed E-state index contributed by atoms with van der Waals surface area (Å²) in [4.78, 5) is 51.0. The van der Waals surface area contributed by atoms with Crippen molar-refractivity contribution in [2.24, 2.45) is 0 Å². The molecule has 0 aliphatic rings. The molecule has 13 nitrogen and oxygen atoms in total. The summed E-state index contributed by atoms with van der Waals surface area (Å²) in [6.45, 7) is 11.7. The van der Waals surface area contributed by atoms with E-state index < -0.39 is 6.10 Å². The van der Waals surface area contributed by atoms with Crippen LogP contribution in [0.15, 0.2) is 0 Å². The number of hydrogen-bond acceptors (Lipinski definition) is 9. The molecule has 1 atom stereocenters. The van der Waals surface area contributed by atoms with Gasteiger partial charge < -0.3 is 45.5 Å². The number of carbonyl (C=O) groups is 4. The Balaban J connectivity index is 4.66. The Hall–Kier alpha value is -2.64. The number of esters is 2. The van der Waals surface area contributed by atoms with E-state index in [2.05, 4.69) is 46.9 Å². The SMILES string of the molecule is CCCCCCCCCCCOC(=O)CCCCCN(CCCCCCCC(=O)OC(CCCCCCCC)CCCCCCCC)CC(O)CCCCNC(=O)NCCOCCNC(=O)NC. The zero-order chi connectivity index (χ0) is 49.8. The van der Waals surface area contributed by atoms with Gasteiger partial charge in [0.15, 0.2) is 0 Å². The number of hydrogen-bond donors (Lipinski definition) is 5. The molecule has 0 bridgehead atoms. The minimum atomic E-state index is -0.452. The molecule has 0 heterocycles. The van der Waals surface area contributed by atoms with E-state index in [1.165, 1.54) is 109 Å². The van der Waals surface area contributed by atoms with Gasteiger partial charge in [-0.2, -0.15) is 0 Å². The molecule has 5 N–H and O–H groups in total. The molecule has 0 saturated heterocycles. The van der Waals surface area contributed by atoms with Gasteiger partial charge in [0.2, 0.25) is 0 Å². The number of ether oxygens (including phenoxy) is 3. The minimum absolute atomic E-state index is 0.0233. The maximum atomic E-state index is 12.9. The molecule has 0 saturated carbocycles. The van der Waals surface area contributed by atoms with Crippen LogP contribution >= 0.6 is 0 Å². The summed E-state index contributed by atoms with van der Waals surface area (Å²) in [5, 5.41) is 21.8. The molecular formula is C55H109N5O8. The molecule has 1 unspecified atom stereocenters. The van der Waals surface area contributed by atoms with Gasteiger partial charge in [-0.05, 0) is 90.1 Å². The lowest BCUT2D eigenvalue weighted by Crippen LogP contribution is -2.38. The van der Waals surface area contributed by atoms with E-state index in [0.717, 1.165) is 116 Å². The summed E-state index contributed by atoms with van der Waals surface area (Å²) in [5.41, 5.74) is 0. The van der Waals surface area contributed by atoms with Crippen molar-refractivity contribution in [1.82, 2.24) is 26.2 Å². The van der Waals surface area contributed by atoms with Gasteiger partial charge in [-0.3, -0.25) is 9.59 Å². The monoisotopic (exact) mass is 968 g/mol. The summed E-state index contributed by atoms with van der Waals surface area (Å²) >= 11 is 0. The van der Waals surface area contributed by atoms with Crippen LogP contribution in [0.5, 0.6) is 0 Å². The van der Waals surface area contributed by atoms with Gasteiger partial charge in [-0.25, -0.2) is 9.59 Å². The number of aliphatic hydroxyl groups is 1. The lowest BCUT2D eigenvalue weighted by molar-refractivity contribution is -0.150. The molecule has 0 rings (SSSR count). The van der Waals surface area contributed by atoms with Gasteiger partial charge in [0, 0.05) is 46.1 Å². The number of nitrogens with zero attached hydrogens (tertiary/aromatic N) is 1. The summed E-state index contributed by atoms with van der Waals surface area (Å²) in [6, 6.07) is -0.505. The van der Waals surface area contributed by atoms with Crippen molar-refractivity contribution in [3.63, 3.8) is 0 Å². The highest BCUT2D eigenvalue weighted by atomic mass is 16.5. The predicted molar refractivity (Wildman–Crippen MR) is 281 cm³/mol. The third-order valence-electron chi connectivity index (χ3n) is 12.8. The second-order valence-electron chi connectivity index (χ2n) is 19.4. The zero-order valence-corrected chi connectivity index (χ0v) is 44.7. The quantitative estimate of drug-likeness (QED) is 0.0294. The van der Waals surface area contributed by atoms with Crippen LogP contribution in [0, 0.1) is 0 Å². The van der Waals surface area contributed by atoms with Crippen molar-refractivity contribution in [3.8, 4) is 0 Å². The lowest BCUT2D eigenvalue weighted by Gasteiger charge is -2.25. The molecule has 0 aromatic heterocycles. The molecular weight excluding hydrogens is 859 g/mol. The van der Waals surface area contributed by atoms with E-state index >= 15 is 0 Å². The minimum Gasteiger partial charge on any atom is -0.466 e. The standard InChI is InChI=1S/C55H109N5O8/c1-5-8-11-14-17-18-19-25-35-46-67-52(62)39-30-26-34-45-60(49-50(61)36-31-32-41-57-55(65)59-43-48-66-47-42-58-54(64)56-4)44-33-24-20-23-29-40-53(63)68-51(37-27-21-15-12-9-6-2)38-28-22-16-13-10-7-3/h50-51,61H,5-49H2,1-4H3,(H2,56,58,64)(H2,57,59,65). The molecule has 0 spiro atoms.